The van der Waals surface area contributed by atoms with Gasteiger partial charge in [0.25, 0.3) is 0 Å². The van der Waals surface area contributed by atoms with Crippen molar-refractivity contribution >= 4 is 0 Å². The van der Waals surface area contributed by atoms with E-state index in [-0.39, 0.29) is 0 Å². The second-order valence-corrected chi connectivity index (χ2v) is 2.11. The van der Waals surface area contributed by atoms with Crippen LogP contribution in [0.2, 0.25) is 0 Å². The standard InChI is InChI=1S/C7H11N3/c1-6(8-2)3-7-4-9-5-10-7/h4-5,8H,1,3H2,2H3,(H,9,10). The first kappa shape index (κ1) is 6.86. The quantitative estimate of drug-likeness (QED) is 0.643. The number of allylic oxidation sites excluding steroid dienone is 1. The molecular weight excluding hydrogens is 126 g/mol. The number of likely N-dealkylation sites (N-methyl/N-ethyl adjacent to an activating group) is 1. The summed E-state index contributed by atoms with van der Waals surface area (Å²) in [4.78, 5) is 6.88. The molecule has 0 saturated heterocycles. The fourth-order valence-electron chi connectivity index (χ4n) is 0.700. The van der Waals surface area contributed by atoms with Crippen LogP contribution in [0.3, 0.4) is 0 Å². The first-order valence-corrected chi connectivity index (χ1v) is 3.15. The summed E-state index contributed by atoms with van der Waals surface area (Å²) in [7, 11) is 1.86. The van der Waals surface area contributed by atoms with E-state index < -0.39 is 0 Å². The molecule has 0 radical (unpaired) electrons. The van der Waals surface area contributed by atoms with Crippen LogP contribution in [0.4, 0.5) is 0 Å². The minimum absolute atomic E-state index is 0.816. The molecule has 3 heteroatoms. The number of imidazole rings is 1. The van der Waals surface area contributed by atoms with Gasteiger partial charge in [-0.1, -0.05) is 6.58 Å². The average molecular weight is 137 g/mol. The maximum atomic E-state index is 3.89. The molecule has 2 N–H and O–H groups in total. The van der Waals surface area contributed by atoms with Gasteiger partial charge in [0.1, 0.15) is 0 Å². The van der Waals surface area contributed by atoms with Gasteiger partial charge in [-0.25, -0.2) is 4.98 Å². The van der Waals surface area contributed by atoms with E-state index in [1.54, 1.807) is 12.5 Å². The molecule has 1 aromatic rings. The lowest BCUT2D eigenvalue weighted by molar-refractivity contribution is 0.911. The van der Waals surface area contributed by atoms with Crippen molar-refractivity contribution in [2.24, 2.45) is 0 Å². The number of hydrogen-bond donors (Lipinski definition) is 2. The van der Waals surface area contributed by atoms with Crippen LogP contribution < -0.4 is 5.32 Å². The number of rotatable bonds is 3. The Morgan fingerprint density at radius 3 is 3.20 bits per heavy atom. The average Bonchev–Trinajstić information content (AvgIpc) is 2.40. The Kier molecular flexibility index (Phi) is 2.10. The van der Waals surface area contributed by atoms with Crippen molar-refractivity contribution in [1.29, 1.82) is 0 Å². The lowest BCUT2D eigenvalue weighted by Gasteiger charge is -2.00. The van der Waals surface area contributed by atoms with E-state index in [1.165, 1.54) is 0 Å². The summed E-state index contributed by atoms with van der Waals surface area (Å²) < 4.78 is 0. The second kappa shape index (κ2) is 3.06. The molecule has 1 rings (SSSR count). The van der Waals surface area contributed by atoms with Crippen LogP contribution in [0, 0.1) is 0 Å². The molecule has 0 aliphatic rings. The van der Waals surface area contributed by atoms with Crippen molar-refractivity contribution in [1.82, 2.24) is 15.3 Å². The molecule has 3 nitrogen and oxygen atoms in total. The van der Waals surface area contributed by atoms with Crippen LogP contribution in [-0.4, -0.2) is 17.0 Å². The second-order valence-electron chi connectivity index (χ2n) is 2.11. The van der Waals surface area contributed by atoms with E-state index >= 15 is 0 Å². The molecule has 0 aliphatic carbocycles. The molecule has 0 aliphatic heterocycles. The predicted octanol–water partition coefficient (Wildman–Crippen LogP) is 0.685. The smallest absolute Gasteiger partial charge is 0.0921 e. The van der Waals surface area contributed by atoms with Gasteiger partial charge in [-0.3, -0.25) is 0 Å². The Labute approximate surface area is 60.2 Å². The summed E-state index contributed by atoms with van der Waals surface area (Å²) in [6.07, 6.45) is 4.28. The summed E-state index contributed by atoms with van der Waals surface area (Å²) in [6.45, 7) is 3.79. The van der Waals surface area contributed by atoms with E-state index in [2.05, 4.69) is 21.9 Å². The van der Waals surface area contributed by atoms with Gasteiger partial charge in [0.2, 0.25) is 0 Å². The van der Waals surface area contributed by atoms with E-state index in [0.717, 1.165) is 17.8 Å². The summed E-state index contributed by atoms with van der Waals surface area (Å²) in [6, 6.07) is 0. The Morgan fingerprint density at radius 2 is 2.70 bits per heavy atom. The number of nitrogens with zero attached hydrogens (tertiary/aromatic N) is 1. The Balaban J connectivity index is 2.48. The third-order valence-electron chi connectivity index (χ3n) is 1.31. The van der Waals surface area contributed by atoms with E-state index in [0.29, 0.717) is 0 Å². The van der Waals surface area contributed by atoms with Crippen molar-refractivity contribution in [3.63, 3.8) is 0 Å². The molecule has 0 spiro atoms. The molecule has 0 bridgehead atoms. The lowest BCUT2D eigenvalue weighted by Crippen LogP contribution is -2.06. The van der Waals surface area contributed by atoms with Crippen LogP contribution in [0.25, 0.3) is 0 Å². The van der Waals surface area contributed by atoms with Gasteiger partial charge >= 0.3 is 0 Å². The largest absolute Gasteiger partial charge is 0.392 e. The molecule has 0 aromatic carbocycles. The summed E-state index contributed by atoms with van der Waals surface area (Å²) in [5.41, 5.74) is 2.07. The Bertz CT molecular complexity index is 201. The number of hydrogen-bond acceptors (Lipinski definition) is 2. The third-order valence-corrected chi connectivity index (χ3v) is 1.31. The van der Waals surface area contributed by atoms with Crippen molar-refractivity contribution in [3.05, 3.63) is 30.5 Å². The number of H-pyrrole nitrogens is 1. The monoisotopic (exact) mass is 137 g/mol. The van der Waals surface area contributed by atoms with Gasteiger partial charge in [-0.2, -0.15) is 0 Å². The van der Waals surface area contributed by atoms with E-state index in [9.17, 15) is 0 Å². The molecule has 10 heavy (non-hydrogen) atoms. The molecular formula is C7H11N3. The van der Waals surface area contributed by atoms with Gasteiger partial charge in [0.05, 0.1) is 6.33 Å². The topological polar surface area (TPSA) is 40.7 Å². The third kappa shape index (κ3) is 1.62. The highest BCUT2D eigenvalue weighted by Gasteiger charge is 1.93. The van der Waals surface area contributed by atoms with Crippen LogP contribution in [0.5, 0.6) is 0 Å². The molecule has 1 heterocycles. The van der Waals surface area contributed by atoms with Crippen molar-refractivity contribution in [2.45, 2.75) is 6.42 Å². The van der Waals surface area contributed by atoms with Crippen LogP contribution >= 0.6 is 0 Å². The predicted molar refractivity (Wildman–Crippen MR) is 40.5 cm³/mol. The number of aromatic amines is 1. The highest BCUT2D eigenvalue weighted by molar-refractivity contribution is 5.06. The van der Waals surface area contributed by atoms with Gasteiger partial charge in [-0.05, 0) is 0 Å². The van der Waals surface area contributed by atoms with Crippen molar-refractivity contribution in [2.75, 3.05) is 7.05 Å². The normalized spacial score (nSPS) is 9.30. The zero-order chi connectivity index (χ0) is 7.40. The Morgan fingerprint density at radius 1 is 1.90 bits per heavy atom. The van der Waals surface area contributed by atoms with Crippen LogP contribution in [-0.2, 0) is 6.42 Å². The molecule has 0 unspecified atom stereocenters. The molecule has 0 fully saturated rings. The maximum absolute atomic E-state index is 3.89. The van der Waals surface area contributed by atoms with Crippen LogP contribution in [0.1, 0.15) is 5.69 Å². The Hall–Kier alpha value is -1.25. The molecule has 0 saturated carbocycles. The minimum Gasteiger partial charge on any atom is -0.392 e. The maximum Gasteiger partial charge on any atom is 0.0921 e. The molecule has 54 valence electrons. The van der Waals surface area contributed by atoms with E-state index in [1.807, 2.05) is 7.05 Å². The van der Waals surface area contributed by atoms with Crippen molar-refractivity contribution < 1.29 is 0 Å². The van der Waals surface area contributed by atoms with Crippen LogP contribution in [0.15, 0.2) is 24.8 Å². The number of nitrogens with one attached hydrogen (secondary N) is 2. The molecule has 0 amide bonds. The van der Waals surface area contributed by atoms with E-state index in [4.69, 9.17) is 0 Å². The highest BCUT2D eigenvalue weighted by atomic mass is 14.9. The SMILES string of the molecule is C=C(Cc1cnc[nH]1)NC. The van der Waals surface area contributed by atoms with Gasteiger partial charge in [0, 0.05) is 31.1 Å². The zero-order valence-electron chi connectivity index (χ0n) is 6.02. The fraction of sp³-hybridized carbons (Fsp3) is 0.286. The number of aromatic nitrogens is 2. The first-order chi connectivity index (χ1) is 4.83. The first-order valence-electron chi connectivity index (χ1n) is 3.15. The molecule has 1 aromatic heterocycles. The summed E-state index contributed by atoms with van der Waals surface area (Å²) in [5, 5.41) is 2.96. The fourth-order valence-corrected chi connectivity index (χ4v) is 0.700. The highest BCUT2D eigenvalue weighted by Crippen LogP contribution is 1.97. The summed E-state index contributed by atoms with van der Waals surface area (Å²) >= 11 is 0. The van der Waals surface area contributed by atoms with Gasteiger partial charge in [0.15, 0.2) is 0 Å². The summed E-state index contributed by atoms with van der Waals surface area (Å²) in [5.74, 6) is 0. The van der Waals surface area contributed by atoms with Gasteiger partial charge < -0.3 is 10.3 Å². The van der Waals surface area contributed by atoms with Gasteiger partial charge in [-0.15, -0.1) is 0 Å². The van der Waals surface area contributed by atoms with Crippen molar-refractivity contribution in [3.8, 4) is 0 Å². The minimum atomic E-state index is 0.816. The lowest BCUT2D eigenvalue weighted by atomic mass is 10.3. The zero-order valence-corrected chi connectivity index (χ0v) is 6.02. The molecule has 0 atom stereocenters.